The molecule has 3 amide bonds. The first kappa shape index (κ1) is 19.9. The van der Waals surface area contributed by atoms with E-state index < -0.39 is 0 Å². The van der Waals surface area contributed by atoms with Gasteiger partial charge in [-0.15, -0.1) is 0 Å². The summed E-state index contributed by atoms with van der Waals surface area (Å²) in [5.74, 6) is 0.225. The number of furan rings is 1. The van der Waals surface area contributed by atoms with Crippen molar-refractivity contribution in [3.05, 3.63) is 71.7 Å². The van der Waals surface area contributed by atoms with Crippen LogP contribution in [0, 0.1) is 0 Å². The molecule has 6 nitrogen and oxygen atoms in total. The molecule has 6 heteroatoms. The van der Waals surface area contributed by atoms with E-state index in [2.05, 4.69) is 5.32 Å². The van der Waals surface area contributed by atoms with E-state index in [0.717, 1.165) is 29.4 Å². The van der Waals surface area contributed by atoms with Crippen molar-refractivity contribution < 1.29 is 18.8 Å². The maximum atomic E-state index is 12.9. The van der Waals surface area contributed by atoms with Crippen LogP contribution < -0.4 is 5.32 Å². The van der Waals surface area contributed by atoms with Crippen LogP contribution in [0.4, 0.5) is 0 Å². The van der Waals surface area contributed by atoms with Gasteiger partial charge in [0.25, 0.3) is 11.8 Å². The summed E-state index contributed by atoms with van der Waals surface area (Å²) in [4.78, 5) is 39.2. The molecule has 1 aliphatic rings. The molecule has 2 aromatic carbocycles. The third-order valence-electron chi connectivity index (χ3n) is 5.45. The standard InChI is InChI=1S/C24H24N2O4/c1-16(12-13-18-8-5-15-30-18)25-21(27)11-4-14-26-23(28)19-9-2-6-17-7-3-10-20(22(17)19)24(26)29/h2-3,5-10,15-16H,4,11-14H2,1H3,(H,25,27)/t16-/m1/s1. The maximum absolute atomic E-state index is 12.9. The van der Waals surface area contributed by atoms with Gasteiger partial charge in [0.1, 0.15) is 5.76 Å². The predicted molar refractivity (Wildman–Crippen MR) is 113 cm³/mol. The summed E-state index contributed by atoms with van der Waals surface area (Å²) < 4.78 is 5.30. The molecular formula is C24H24N2O4. The van der Waals surface area contributed by atoms with Gasteiger partial charge < -0.3 is 9.73 Å². The molecular weight excluding hydrogens is 380 g/mol. The zero-order chi connectivity index (χ0) is 21.1. The first-order valence-corrected chi connectivity index (χ1v) is 10.2. The third-order valence-corrected chi connectivity index (χ3v) is 5.45. The predicted octanol–water partition coefficient (Wildman–Crippen LogP) is 3.95. The van der Waals surface area contributed by atoms with Crippen molar-refractivity contribution in [1.82, 2.24) is 10.2 Å². The lowest BCUT2D eigenvalue weighted by Gasteiger charge is -2.27. The lowest BCUT2D eigenvalue weighted by molar-refractivity contribution is -0.121. The molecule has 0 unspecified atom stereocenters. The molecule has 0 radical (unpaired) electrons. The van der Waals surface area contributed by atoms with Crippen molar-refractivity contribution in [3.63, 3.8) is 0 Å². The van der Waals surface area contributed by atoms with Crippen LogP contribution in [0.25, 0.3) is 10.8 Å². The number of amides is 3. The average molecular weight is 404 g/mol. The minimum atomic E-state index is -0.295. The Morgan fingerprint density at radius 3 is 2.37 bits per heavy atom. The summed E-state index contributed by atoms with van der Waals surface area (Å²) in [6, 6.07) is 14.7. The number of hydrogen-bond acceptors (Lipinski definition) is 4. The van der Waals surface area contributed by atoms with E-state index in [1.807, 2.05) is 43.3 Å². The molecule has 154 valence electrons. The number of aryl methyl sites for hydroxylation is 1. The van der Waals surface area contributed by atoms with Gasteiger partial charge >= 0.3 is 0 Å². The Bertz CT molecular complexity index is 1040. The van der Waals surface area contributed by atoms with Crippen molar-refractivity contribution >= 4 is 28.5 Å². The fraction of sp³-hybridized carbons (Fsp3) is 0.292. The summed E-state index contributed by atoms with van der Waals surface area (Å²) in [5.41, 5.74) is 1.08. The Labute approximate surface area is 174 Å². The summed E-state index contributed by atoms with van der Waals surface area (Å²) in [6.45, 7) is 2.17. The molecule has 3 aromatic rings. The first-order valence-electron chi connectivity index (χ1n) is 10.2. The van der Waals surface area contributed by atoms with E-state index in [1.54, 1.807) is 18.4 Å². The third kappa shape index (κ3) is 3.99. The molecule has 0 bridgehead atoms. The lowest BCUT2D eigenvalue weighted by Crippen LogP contribution is -2.41. The van der Waals surface area contributed by atoms with Crippen LogP contribution in [0.3, 0.4) is 0 Å². The van der Waals surface area contributed by atoms with Crippen LogP contribution in [0.2, 0.25) is 0 Å². The Kier molecular flexibility index (Phi) is 5.65. The molecule has 1 atom stereocenters. The van der Waals surface area contributed by atoms with E-state index in [1.165, 1.54) is 4.90 Å². The highest BCUT2D eigenvalue weighted by atomic mass is 16.3. The van der Waals surface area contributed by atoms with Gasteiger partial charge in [-0.1, -0.05) is 24.3 Å². The van der Waals surface area contributed by atoms with Crippen molar-refractivity contribution in [2.45, 2.75) is 38.6 Å². The summed E-state index contributed by atoms with van der Waals surface area (Å²) in [7, 11) is 0. The summed E-state index contributed by atoms with van der Waals surface area (Å²) >= 11 is 0. The van der Waals surface area contributed by atoms with E-state index >= 15 is 0 Å². The quantitative estimate of drug-likeness (QED) is 0.577. The molecule has 0 spiro atoms. The molecule has 0 aliphatic carbocycles. The van der Waals surface area contributed by atoms with E-state index in [0.29, 0.717) is 17.5 Å². The van der Waals surface area contributed by atoms with E-state index in [-0.39, 0.29) is 36.7 Å². The number of imide groups is 1. The van der Waals surface area contributed by atoms with Crippen LogP contribution in [-0.4, -0.2) is 35.2 Å². The van der Waals surface area contributed by atoms with Crippen LogP contribution in [0.5, 0.6) is 0 Å². The number of nitrogens with zero attached hydrogens (tertiary/aromatic N) is 1. The SMILES string of the molecule is C[C@H](CCc1ccco1)NC(=O)CCCN1C(=O)c2cccc3cccc(c23)C1=O. The second kappa shape index (κ2) is 8.53. The van der Waals surface area contributed by atoms with Crippen LogP contribution >= 0.6 is 0 Å². The van der Waals surface area contributed by atoms with Crippen molar-refractivity contribution in [2.75, 3.05) is 6.54 Å². The largest absolute Gasteiger partial charge is 0.469 e. The van der Waals surface area contributed by atoms with Gasteiger partial charge in [-0.2, -0.15) is 0 Å². The minimum Gasteiger partial charge on any atom is -0.469 e. The zero-order valence-electron chi connectivity index (χ0n) is 16.9. The highest BCUT2D eigenvalue weighted by Crippen LogP contribution is 2.30. The number of carbonyl (C=O) groups is 3. The smallest absolute Gasteiger partial charge is 0.261 e. The van der Waals surface area contributed by atoms with Crippen LogP contribution in [0.15, 0.2) is 59.2 Å². The highest BCUT2D eigenvalue weighted by molar-refractivity contribution is 6.25. The molecule has 0 saturated carbocycles. The molecule has 0 fully saturated rings. The molecule has 4 rings (SSSR count). The van der Waals surface area contributed by atoms with E-state index in [4.69, 9.17) is 4.42 Å². The molecule has 1 N–H and O–H groups in total. The minimum absolute atomic E-state index is 0.0188. The second-order valence-electron chi connectivity index (χ2n) is 7.66. The van der Waals surface area contributed by atoms with Gasteiger partial charge in [0.15, 0.2) is 0 Å². The van der Waals surface area contributed by atoms with Crippen LogP contribution in [-0.2, 0) is 11.2 Å². The number of hydrogen-bond donors (Lipinski definition) is 1. The van der Waals surface area contributed by atoms with E-state index in [9.17, 15) is 14.4 Å². The van der Waals surface area contributed by atoms with Crippen molar-refractivity contribution in [1.29, 1.82) is 0 Å². The summed E-state index contributed by atoms with van der Waals surface area (Å²) in [5, 5.41) is 4.57. The van der Waals surface area contributed by atoms with Crippen molar-refractivity contribution in [3.8, 4) is 0 Å². The lowest BCUT2D eigenvalue weighted by atomic mass is 9.94. The molecule has 2 heterocycles. The maximum Gasteiger partial charge on any atom is 0.261 e. The molecule has 1 aliphatic heterocycles. The van der Waals surface area contributed by atoms with Gasteiger partial charge in [0.05, 0.1) is 6.26 Å². The fourth-order valence-corrected chi connectivity index (χ4v) is 3.91. The number of benzene rings is 2. The Balaban J connectivity index is 1.31. The zero-order valence-corrected chi connectivity index (χ0v) is 16.9. The topological polar surface area (TPSA) is 79.6 Å². The van der Waals surface area contributed by atoms with Gasteiger partial charge in [0.2, 0.25) is 5.91 Å². The summed E-state index contributed by atoms with van der Waals surface area (Å²) in [6.07, 6.45) is 3.86. The Morgan fingerprint density at radius 1 is 1.03 bits per heavy atom. The fourth-order valence-electron chi connectivity index (χ4n) is 3.91. The van der Waals surface area contributed by atoms with Crippen molar-refractivity contribution in [2.24, 2.45) is 0 Å². The second-order valence-corrected chi connectivity index (χ2v) is 7.66. The Morgan fingerprint density at radius 2 is 1.73 bits per heavy atom. The molecule has 0 saturated heterocycles. The normalized spacial score (nSPS) is 14.2. The Hall–Kier alpha value is -3.41. The number of carbonyl (C=O) groups excluding carboxylic acids is 3. The molecule has 1 aromatic heterocycles. The van der Waals surface area contributed by atoms with Crippen LogP contribution in [0.1, 0.15) is 52.7 Å². The van der Waals surface area contributed by atoms with Gasteiger partial charge in [-0.25, -0.2) is 0 Å². The van der Waals surface area contributed by atoms with Gasteiger partial charge in [0, 0.05) is 41.9 Å². The molecule has 30 heavy (non-hydrogen) atoms. The first-order chi connectivity index (χ1) is 14.5. The average Bonchev–Trinajstić information content (AvgIpc) is 3.26. The highest BCUT2D eigenvalue weighted by Gasteiger charge is 2.32. The number of rotatable bonds is 8. The van der Waals surface area contributed by atoms with Gasteiger partial charge in [-0.05, 0) is 49.4 Å². The van der Waals surface area contributed by atoms with Gasteiger partial charge in [-0.3, -0.25) is 19.3 Å². The monoisotopic (exact) mass is 404 g/mol. The number of nitrogens with one attached hydrogen (secondary N) is 1.